The second-order valence-corrected chi connectivity index (χ2v) is 9.29. The predicted molar refractivity (Wildman–Crippen MR) is 90.1 cm³/mol. The molecule has 0 saturated carbocycles. The van der Waals surface area contributed by atoms with Crippen LogP contribution in [0.1, 0.15) is 47.5 Å². The zero-order chi connectivity index (χ0) is 17.2. The number of hydrogen-bond acceptors (Lipinski definition) is 6. The molecule has 0 aliphatic heterocycles. The van der Waals surface area contributed by atoms with Crippen LogP contribution in [0.4, 0.5) is 0 Å². The smallest absolute Gasteiger partial charge is 0.259 e. The van der Waals surface area contributed by atoms with Crippen LogP contribution in [0.25, 0.3) is 0 Å². The molecule has 0 aromatic heterocycles. The zero-order valence-corrected chi connectivity index (χ0v) is 16.0. The van der Waals surface area contributed by atoms with Crippen LogP contribution in [0.5, 0.6) is 0 Å². The molecule has 0 rings (SSSR count). The first-order valence-electron chi connectivity index (χ1n) is 7.66. The third kappa shape index (κ3) is 9.02. The highest BCUT2D eigenvalue weighted by Gasteiger charge is 2.27. The molecule has 0 aromatic rings. The van der Waals surface area contributed by atoms with Crippen LogP contribution < -0.4 is 0 Å². The fraction of sp³-hybridized carbons (Fsp3) is 0.929. The van der Waals surface area contributed by atoms with Crippen LogP contribution in [0.3, 0.4) is 0 Å². The van der Waals surface area contributed by atoms with E-state index in [9.17, 15) is 8.42 Å². The van der Waals surface area contributed by atoms with Crippen molar-refractivity contribution in [2.75, 3.05) is 24.7 Å². The summed E-state index contributed by atoms with van der Waals surface area (Å²) in [6.45, 7) is 10.4. The number of sulfone groups is 1. The molecule has 130 valence electrons. The number of nitrogens with zero attached hydrogens (tertiary/aromatic N) is 2. The van der Waals surface area contributed by atoms with Gasteiger partial charge in [0.1, 0.15) is 0 Å². The highest BCUT2D eigenvalue weighted by molar-refractivity contribution is 7.91. The molecule has 1 atom stereocenters. The number of rotatable bonds is 12. The normalized spacial score (nSPS) is 13.8. The molecule has 0 aromatic carbocycles. The van der Waals surface area contributed by atoms with Crippen LogP contribution in [0.15, 0.2) is 0 Å². The summed E-state index contributed by atoms with van der Waals surface area (Å²) in [5.74, 6) is 0.187. The Kier molecular flexibility index (Phi) is 11.2. The highest BCUT2D eigenvalue weighted by atomic mass is 32.2. The number of hydrogen-bond donors (Lipinski definition) is 0. The Bertz CT molecular complexity index is 427. The third-order valence-electron chi connectivity index (χ3n) is 2.77. The van der Waals surface area contributed by atoms with E-state index < -0.39 is 18.4 Å². The van der Waals surface area contributed by atoms with Crippen molar-refractivity contribution in [1.29, 1.82) is 5.26 Å². The molecule has 0 aliphatic carbocycles. The lowest BCUT2D eigenvalue weighted by atomic mass is 10.3. The van der Waals surface area contributed by atoms with Gasteiger partial charge in [-0.1, -0.05) is 6.92 Å². The first-order chi connectivity index (χ1) is 10.2. The fourth-order valence-corrected chi connectivity index (χ4v) is 4.85. The molecule has 0 saturated heterocycles. The van der Waals surface area contributed by atoms with Crippen molar-refractivity contribution in [2.24, 2.45) is 0 Å². The van der Waals surface area contributed by atoms with E-state index in [1.54, 1.807) is 0 Å². The molecule has 0 amide bonds. The lowest BCUT2D eigenvalue weighted by Gasteiger charge is -2.35. The van der Waals surface area contributed by atoms with Gasteiger partial charge in [-0.3, -0.25) is 0 Å². The lowest BCUT2D eigenvalue weighted by molar-refractivity contribution is 0.182. The van der Waals surface area contributed by atoms with Gasteiger partial charge in [0.05, 0.1) is 31.5 Å². The summed E-state index contributed by atoms with van der Waals surface area (Å²) in [6, 6.07) is 2.45. The Hall–Kier alpha value is -0.250. The van der Waals surface area contributed by atoms with Crippen LogP contribution in [0, 0.1) is 11.3 Å². The minimum absolute atomic E-state index is 0.00527. The quantitative estimate of drug-likeness (QED) is 0.397. The molecular weight excluding hydrogens is 323 g/mol. The van der Waals surface area contributed by atoms with Gasteiger partial charge in [0.15, 0.2) is 9.84 Å². The van der Waals surface area contributed by atoms with Crippen LogP contribution in [0.2, 0.25) is 0 Å². The van der Waals surface area contributed by atoms with Gasteiger partial charge >= 0.3 is 0 Å². The lowest BCUT2D eigenvalue weighted by Crippen LogP contribution is -2.34. The first-order valence-corrected chi connectivity index (χ1v) is 10.6. The molecule has 0 bridgehead atoms. The van der Waals surface area contributed by atoms with Crippen molar-refractivity contribution in [3.05, 3.63) is 0 Å². The summed E-state index contributed by atoms with van der Waals surface area (Å²) in [5, 5.41) is 8.62. The first kappa shape index (κ1) is 21.8. The summed E-state index contributed by atoms with van der Waals surface area (Å²) in [4.78, 5) is 0. The summed E-state index contributed by atoms with van der Waals surface area (Å²) in [5.41, 5.74) is 0. The standard InChI is InChI=1S/C14H29N2O4PS/c1-6-11-22(17,18)12-10-20-21(19-9-7-8-15)16(13(2)3)14(4)5/h13-14H,6-7,9-12H2,1-5H3. The van der Waals surface area contributed by atoms with Gasteiger partial charge in [-0.25, -0.2) is 13.1 Å². The van der Waals surface area contributed by atoms with Gasteiger partial charge in [0.2, 0.25) is 0 Å². The molecule has 6 nitrogen and oxygen atoms in total. The van der Waals surface area contributed by atoms with E-state index in [-0.39, 0.29) is 30.2 Å². The zero-order valence-electron chi connectivity index (χ0n) is 14.3. The van der Waals surface area contributed by atoms with Gasteiger partial charge in [0.25, 0.3) is 8.53 Å². The van der Waals surface area contributed by atoms with Crippen molar-refractivity contribution >= 4 is 18.4 Å². The molecule has 0 heterocycles. The minimum Gasteiger partial charge on any atom is -0.321 e. The average molecular weight is 352 g/mol. The van der Waals surface area contributed by atoms with Crippen LogP contribution in [-0.2, 0) is 18.9 Å². The van der Waals surface area contributed by atoms with Crippen LogP contribution in [-0.4, -0.2) is 49.9 Å². The van der Waals surface area contributed by atoms with Crippen molar-refractivity contribution in [3.63, 3.8) is 0 Å². The topological polar surface area (TPSA) is 79.6 Å². The maximum atomic E-state index is 11.7. The highest BCUT2D eigenvalue weighted by Crippen LogP contribution is 2.45. The van der Waals surface area contributed by atoms with Crippen molar-refractivity contribution in [1.82, 2.24) is 4.67 Å². The average Bonchev–Trinajstić information content (AvgIpc) is 2.37. The molecule has 1 unspecified atom stereocenters. The van der Waals surface area contributed by atoms with E-state index in [0.717, 1.165) is 0 Å². The Morgan fingerprint density at radius 3 is 2.09 bits per heavy atom. The monoisotopic (exact) mass is 352 g/mol. The second kappa shape index (κ2) is 11.3. The third-order valence-corrected chi connectivity index (χ3v) is 6.70. The molecule has 0 N–H and O–H groups in total. The van der Waals surface area contributed by atoms with E-state index >= 15 is 0 Å². The van der Waals surface area contributed by atoms with Gasteiger partial charge in [-0.15, -0.1) is 0 Å². The summed E-state index contributed by atoms with van der Waals surface area (Å²) < 4.78 is 37.0. The Morgan fingerprint density at radius 2 is 1.64 bits per heavy atom. The maximum absolute atomic E-state index is 11.7. The largest absolute Gasteiger partial charge is 0.321 e. The molecular formula is C14H29N2O4PS. The van der Waals surface area contributed by atoms with E-state index in [1.807, 2.05) is 40.7 Å². The maximum Gasteiger partial charge on any atom is 0.259 e. The molecule has 0 radical (unpaired) electrons. The SMILES string of the molecule is CCCS(=O)(=O)CCOP(OCCC#N)N(C(C)C)C(C)C. The van der Waals surface area contributed by atoms with Gasteiger partial charge < -0.3 is 9.05 Å². The second-order valence-electron chi connectivity index (χ2n) is 5.53. The summed E-state index contributed by atoms with van der Waals surface area (Å²) >= 11 is 0. The predicted octanol–water partition coefficient (Wildman–Crippen LogP) is 3.10. The summed E-state index contributed by atoms with van der Waals surface area (Å²) in [6.07, 6.45) is 0.903. The Balaban J connectivity index is 4.69. The summed E-state index contributed by atoms with van der Waals surface area (Å²) in [7, 11) is -4.42. The Morgan fingerprint density at radius 1 is 1.09 bits per heavy atom. The van der Waals surface area contributed by atoms with E-state index in [1.165, 1.54) is 0 Å². The molecule has 0 spiro atoms. The van der Waals surface area contributed by atoms with Crippen molar-refractivity contribution < 1.29 is 17.5 Å². The molecule has 0 aliphatic rings. The van der Waals surface area contributed by atoms with E-state index in [0.29, 0.717) is 19.4 Å². The van der Waals surface area contributed by atoms with Gasteiger partial charge in [-0.05, 0) is 34.1 Å². The van der Waals surface area contributed by atoms with Gasteiger partial charge in [0, 0.05) is 17.8 Å². The minimum atomic E-state index is -3.06. The van der Waals surface area contributed by atoms with Crippen molar-refractivity contribution in [2.45, 2.75) is 59.5 Å². The molecule has 8 heteroatoms. The molecule has 22 heavy (non-hydrogen) atoms. The van der Waals surface area contributed by atoms with Crippen molar-refractivity contribution in [3.8, 4) is 6.07 Å². The van der Waals surface area contributed by atoms with E-state index in [4.69, 9.17) is 14.3 Å². The number of nitriles is 1. The fourth-order valence-electron chi connectivity index (χ4n) is 1.97. The van der Waals surface area contributed by atoms with E-state index in [2.05, 4.69) is 4.67 Å². The van der Waals surface area contributed by atoms with Gasteiger partial charge in [-0.2, -0.15) is 5.26 Å². The molecule has 0 fully saturated rings. The Labute approximate surface area is 136 Å². The van der Waals surface area contributed by atoms with Crippen LogP contribution >= 0.6 is 8.53 Å².